The number of piperidine rings is 1. The summed E-state index contributed by atoms with van der Waals surface area (Å²) < 4.78 is 15.6. The van der Waals surface area contributed by atoms with Gasteiger partial charge in [-0.1, -0.05) is 0 Å². The molecule has 9 nitrogen and oxygen atoms in total. The number of carbonyl (C=O) groups is 2. The van der Waals surface area contributed by atoms with Gasteiger partial charge in [0.1, 0.15) is 23.8 Å². The third-order valence-electron chi connectivity index (χ3n) is 5.10. The standard InChI is InChI=1S/C22H34N3O6/c1-22(2,3)31-21(28)25(4)12-10-16(11-13-25)24-19(23)15-6-8-17(9-7-15)30-14-18(26)20(27)29-5/h6-9,16,18,26H,10-14H2,1-5H3,(H2,23,24)/q+1/t16?,18-,25?/m1/s1. The number of amidine groups is 1. The van der Waals surface area contributed by atoms with Gasteiger partial charge < -0.3 is 25.1 Å². The van der Waals surface area contributed by atoms with Crippen LogP contribution in [0.5, 0.6) is 5.75 Å². The fourth-order valence-corrected chi connectivity index (χ4v) is 3.18. The molecule has 1 atom stereocenters. The Kier molecular flexibility index (Phi) is 8.02. The van der Waals surface area contributed by atoms with Crippen LogP contribution in [0.25, 0.3) is 0 Å². The van der Waals surface area contributed by atoms with Crippen molar-refractivity contribution in [3.8, 4) is 5.75 Å². The molecular formula is C22H34N3O6+. The van der Waals surface area contributed by atoms with Crippen LogP contribution in [-0.2, 0) is 14.3 Å². The molecule has 3 N–H and O–H groups in total. The highest BCUT2D eigenvalue weighted by Gasteiger charge is 2.40. The van der Waals surface area contributed by atoms with Gasteiger partial charge in [0.05, 0.1) is 33.3 Å². The number of rotatable bonds is 6. The summed E-state index contributed by atoms with van der Waals surface area (Å²) in [5, 5.41) is 9.56. The van der Waals surface area contributed by atoms with Crippen LogP contribution >= 0.6 is 0 Å². The van der Waals surface area contributed by atoms with Gasteiger partial charge in [0.15, 0.2) is 6.10 Å². The zero-order valence-electron chi connectivity index (χ0n) is 19.0. The summed E-state index contributed by atoms with van der Waals surface area (Å²) in [6.07, 6.45) is -0.0743. The second-order valence-corrected chi connectivity index (χ2v) is 8.94. The van der Waals surface area contributed by atoms with Crippen LogP contribution in [0.1, 0.15) is 39.2 Å². The molecule has 1 fully saturated rings. The summed E-state index contributed by atoms with van der Waals surface area (Å²) >= 11 is 0. The molecule has 1 aliphatic rings. The van der Waals surface area contributed by atoms with Gasteiger partial charge in [-0.25, -0.2) is 9.28 Å². The predicted molar refractivity (Wildman–Crippen MR) is 116 cm³/mol. The van der Waals surface area contributed by atoms with E-state index in [2.05, 4.69) is 9.73 Å². The van der Waals surface area contributed by atoms with Gasteiger partial charge in [-0.3, -0.25) is 4.99 Å². The summed E-state index contributed by atoms with van der Waals surface area (Å²) in [5.74, 6) is 0.156. The normalized spacial score (nSPS) is 23.0. The van der Waals surface area contributed by atoms with Crippen molar-refractivity contribution in [2.24, 2.45) is 10.7 Å². The number of carbonyl (C=O) groups excluding carboxylic acids is 2. The van der Waals surface area contributed by atoms with E-state index in [4.69, 9.17) is 15.2 Å². The lowest BCUT2D eigenvalue weighted by Gasteiger charge is -2.37. The number of aliphatic hydroxyl groups is 1. The van der Waals surface area contributed by atoms with E-state index in [1.165, 1.54) is 7.11 Å². The van der Waals surface area contributed by atoms with E-state index >= 15 is 0 Å². The highest BCUT2D eigenvalue weighted by Crippen LogP contribution is 2.23. The van der Waals surface area contributed by atoms with Crippen LogP contribution in [0.15, 0.2) is 29.3 Å². The van der Waals surface area contributed by atoms with E-state index in [0.717, 1.165) is 18.4 Å². The van der Waals surface area contributed by atoms with Gasteiger partial charge in [-0.2, -0.15) is 4.79 Å². The van der Waals surface area contributed by atoms with Crippen molar-refractivity contribution in [2.45, 2.75) is 51.4 Å². The molecule has 0 bridgehead atoms. The van der Waals surface area contributed by atoms with Crippen molar-refractivity contribution < 1.29 is 33.4 Å². The number of ether oxygens (including phenoxy) is 3. The molecule has 0 radical (unpaired) electrons. The number of likely N-dealkylation sites (tertiary alicyclic amines) is 1. The topological polar surface area (TPSA) is 120 Å². The summed E-state index contributed by atoms with van der Waals surface area (Å²) in [6, 6.07) is 6.96. The van der Waals surface area contributed by atoms with Crippen molar-refractivity contribution >= 4 is 17.9 Å². The van der Waals surface area contributed by atoms with Crippen LogP contribution in [0, 0.1) is 0 Å². The zero-order chi connectivity index (χ0) is 23.2. The van der Waals surface area contributed by atoms with E-state index in [1.54, 1.807) is 24.3 Å². The lowest BCUT2D eigenvalue weighted by Crippen LogP contribution is -2.56. The molecule has 31 heavy (non-hydrogen) atoms. The van der Waals surface area contributed by atoms with E-state index in [0.29, 0.717) is 24.7 Å². The van der Waals surface area contributed by atoms with Gasteiger partial charge in [-0.15, -0.1) is 0 Å². The van der Waals surface area contributed by atoms with Crippen LogP contribution in [-0.4, -0.2) is 79.1 Å². The third-order valence-corrected chi connectivity index (χ3v) is 5.10. The first-order valence-electron chi connectivity index (χ1n) is 10.3. The van der Waals surface area contributed by atoms with Gasteiger partial charge in [0.25, 0.3) is 0 Å². The number of methoxy groups -OCH3 is 1. The first-order valence-corrected chi connectivity index (χ1v) is 10.3. The largest absolute Gasteiger partial charge is 0.516 e. The number of amides is 1. The summed E-state index contributed by atoms with van der Waals surface area (Å²) in [7, 11) is 3.10. The quantitative estimate of drug-likeness (QED) is 0.302. The van der Waals surface area contributed by atoms with Crippen molar-refractivity contribution in [3.63, 3.8) is 0 Å². The summed E-state index contributed by atoms with van der Waals surface area (Å²) in [4.78, 5) is 28.3. The monoisotopic (exact) mass is 436 g/mol. The van der Waals surface area contributed by atoms with Crippen molar-refractivity contribution in [1.29, 1.82) is 0 Å². The second kappa shape index (κ2) is 10.1. The average molecular weight is 437 g/mol. The van der Waals surface area contributed by atoms with Crippen LogP contribution in [0.2, 0.25) is 0 Å². The van der Waals surface area contributed by atoms with Crippen LogP contribution < -0.4 is 10.5 Å². The van der Waals surface area contributed by atoms with E-state index in [-0.39, 0.29) is 23.2 Å². The molecule has 2 rings (SSSR count). The Labute approximate surface area is 183 Å². The molecule has 1 saturated heterocycles. The number of quaternary nitrogens is 1. The molecule has 172 valence electrons. The minimum Gasteiger partial charge on any atom is -0.490 e. The van der Waals surface area contributed by atoms with E-state index in [1.807, 2.05) is 27.8 Å². The van der Waals surface area contributed by atoms with E-state index in [9.17, 15) is 14.7 Å². The molecule has 0 aromatic heterocycles. The molecule has 9 heteroatoms. The third kappa shape index (κ3) is 7.22. The Bertz CT molecular complexity index is 792. The number of hydrogen-bond donors (Lipinski definition) is 2. The lowest BCUT2D eigenvalue weighted by molar-refractivity contribution is -0.844. The Morgan fingerprint density at radius 3 is 2.32 bits per heavy atom. The number of nitrogens with zero attached hydrogens (tertiary/aromatic N) is 2. The molecule has 0 saturated carbocycles. The van der Waals surface area contributed by atoms with Gasteiger partial charge in [-0.05, 0) is 45.0 Å². The fraction of sp³-hybridized carbons (Fsp3) is 0.591. The smallest absolute Gasteiger partial charge is 0.490 e. The first-order chi connectivity index (χ1) is 14.4. The number of hydrogen-bond acceptors (Lipinski definition) is 7. The SMILES string of the molecule is COC(=O)[C@H](O)COc1ccc(C(N)=NC2CC[N+](C)(C(=O)OC(C)(C)C)CC2)cc1. The Morgan fingerprint density at radius 2 is 1.81 bits per heavy atom. The Hall–Kier alpha value is -2.65. The molecule has 1 aromatic rings. The minimum absolute atomic E-state index is 0.0415. The maximum absolute atomic E-state index is 12.5. The highest BCUT2D eigenvalue weighted by molar-refractivity contribution is 5.97. The molecule has 1 heterocycles. The molecular weight excluding hydrogens is 402 g/mol. The first kappa shape index (κ1) is 24.6. The lowest BCUT2D eigenvalue weighted by atomic mass is 10.0. The number of esters is 1. The fourth-order valence-electron chi connectivity index (χ4n) is 3.18. The number of aliphatic imine (C=N–C) groups is 1. The van der Waals surface area contributed by atoms with Gasteiger partial charge in [0, 0.05) is 18.4 Å². The molecule has 0 aliphatic carbocycles. The summed E-state index contributed by atoms with van der Waals surface area (Å²) in [5.41, 5.74) is 6.42. The zero-order valence-corrected chi connectivity index (χ0v) is 19.0. The predicted octanol–water partition coefficient (Wildman–Crippen LogP) is 1.85. The molecule has 0 spiro atoms. The van der Waals surface area contributed by atoms with Crippen LogP contribution in [0.4, 0.5) is 4.79 Å². The van der Waals surface area contributed by atoms with Crippen LogP contribution in [0.3, 0.4) is 0 Å². The number of benzene rings is 1. The van der Waals surface area contributed by atoms with Crippen molar-refractivity contribution in [3.05, 3.63) is 29.8 Å². The molecule has 0 unspecified atom stereocenters. The molecule has 1 amide bonds. The maximum Gasteiger partial charge on any atom is 0.516 e. The highest BCUT2D eigenvalue weighted by atomic mass is 16.6. The number of nitrogens with two attached hydrogens (primary N) is 1. The second-order valence-electron chi connectivity index (χ2n) is 8.94. The van der Waals surface area contributed by atoms with Gasteiger partial charge >= 0.3 is 12.1 Å². The van der Waals surface area contributed by atoms with E-state index < -0.39 is 17.7 Å². The average Bonchev–Trinajstić information content (AvgIpc) is 2.72. The Morgan fingerprint density at radius 1 is 1.23 bits per heavy atom. The van der Waals surface area contributed by atoms with Crippen molar-refractivity contribution in [2.75, 3.05) is 33.9 Å². The Balaban J connectivity index is 1.91. The number of aliphatic hydroxyl groups excluding tert-OH is 1. The molecule has 1 aromatic carbocycles. The minimum atomic E-state index is -1.34. The molecule has 1 aliphatic heterocycles. The van der Waals surface area contributed by atoms with Crippen molar-refractivity contribution in [1.82, 2.24) is 0 Å². The van der Waals surface area contributed by atoms with Gasteiger partial charge in [0.2, 0.25) is 0 Å². The summed E-state index contributed by atoms with van der Waals surface area (Å²) in [6.45, 7) is 6.69. The maximum atomic E-state index is 12.5.